The number of hydrogen-bond donors (Lipinski definition) is 0. The number of rotatable bonds is 3. The van der Waals surface area contributed by atoms with Gasteiger partial charge in [-0.25, -0.2) is 9.78 Å². The SMILES string of the molecule is COC(=O)C=Cn1cnc2c(OC)cccc2c1=O. The first-order valence-corrected chi connectivity index (χ1v) is 5.47. The van der Waals surface area contributed by atoms with Crippen molar-refractivity contribution in [2.45, 2.75) is 0 Å². The molecule has 0 bridgehead atoms. The minimum Gasteiger partial charge on any atom is -0.494 e. The molecule has 2 aromatic rings. The molecule has 0 aliphatic rings. The summed E-state index contributed by atoms with van der Waals surface area (Å²) in [7, 11) is 2.78. The predicted molar refractivity (Wildman–Crippen MR) is 69.9 cm³/mol. The van der Waals surface area contributed by atoms with E-state index in [9.17, 15) is 9.59 Å². The highest BCUT2D eigenvalue weighted by Crippen LogP contribution is 2.19. The Morgan fingerprint density at radius 2 is 2.16 bits per heavy atom. The molecule has 0 spiro atoms. The summed E-state index contributed by atoms with van der Waals surface area (Å²) in [4.78, 5) is 27.3. The monoisotopic (exact) mass is 260 g/mol. The molecule has 0 N–H and O–H groups in total. The lowest BCUT2D eigenvalue weighted by molar-refractivity contribution is -0.134. The molecule has 0 fully saturated rings. The molecule has 0 aliphatic carbocycles. The number of para-hydroxylation sites is 1. The summed E-state index contributed by atoms with van der Waals surface area (Å²) in [5, 5.41) is 0.413. The molecule has 98 valence electrons. The van der Waals surface area contributed by atoms with Gasteiger partial charge in [0.25, 0.3) is 5.56 Å². The van der Waals surface area contributed by atoms with Crippen LogP contribution in [0.1, 0.15) is 0 Å². The molecule has 6 nitrogen and oxygen atoms in total. The summed E-state index contributed by atoms with van der Waals surface area (Å²) >= 11 is 0. The van der Waals surface area contributed by atoms with Crippen LogP contribution < -0.4 is 10.3 Å². The van der Waals surface area contributed by atoms with Crippen molar-refractivity contribution in [2.75, 3.05) is 14.2 Å². The first-order chi connectivity index (χ1) is 9.17. The molecular weight excluding hydrogens is 248 g/mol. The molecule has 0 saturated carbocycles. The van der Waals surface area contributed by atoms with Crippen molar-refractivity contribution in [3.05, 3.63) is 41.0 Å². The molecule has 19 heavy (non-hydrogen) atoms. The third-order valence-corrected chi connectivity index (χ3v) is 2.57. The van der Waals surface area contributed by atoms with Gasteiger partial charge < -0.3 is 9.47 Å². The molecular formula is C13H12N2O4. The number of methoxy groups -OCH3 is 2. The molecule has 1 aromatic carbocycles. The van der Waals surface area contributed by atoms with Gasteiger partial charge in [-0.1, -0.05) is 6.07 Å². The van der Waals surface area contributed by atoms with E-state index in [-0.39, 0.29) is 5.56 Å². The van der Waals surface area contributed by atoms with Crippen LogP contribution in [-0.2, 0) is 9.53 Å². The van der Waals surface area contributed by atoms with Gasteiger partial charge in [0.1, 0.15) is 17.6 Å². The van der Waals surface area contributed by atoms with Crippen LogP contribution in [0.3, 0.4) is 0 Å². The Morgan fingerprint density at radius 3 is 2.84 bits per heavy atom. The van der Waals surface area contributed by atoms with Crippen LogP contribution in [0.2, 0.25) is 0 Å². The Kier molecular flexibility index (Phi) is 3.61. The first-order valence-electron chi connectivity index (χ1n) is 5.47. The molecule has 0 saturated heterocycles. The highest BCUT2D eigenvalue weighted by molar-refractivity contribution is 5.86. The molecule has 0 atom stereocenters. The number of fused-ring (bicyclic) bond motifs is 1. The van der Waals surface area contributed by atoms with Crippen molar-refractivity contribution in [2.24, 2.45) is 0 Å². The summed E-state index contributed by atoms with van der Waals surface area (Å²) < 4.78 is 10.8. The lowest BCUT2D eigenvalue weighted by atomic mass is 10.2. The summed E-state index contributed by atoms with van der Waals surface area (Å²) in [5.41, 5.74) is 0.196. The Balaban J connectivity index is 2.56. The Morgan fingerprint density at radius 1 is 1.37 bits per heavy atom. The number of esters is 1. The number of ether oxygens (including phenoxy) is 2. The van der Waals surface area contributed by atoms with Crippen LogP contribution in [-0.4, -0.2) is 29.7 Å². The van der Waals surface area contributed by atoms with Gasteiger partial charge in [0.2, 0.25) is 0 Å². The highest BCUT2D eigenvalue weighted by Gasteiger charge is 2.07. The number of hydrogen-bond acceptors (Lipinski definition) is 5. The standard InChI is InChI=1S/C13H12N2O4/c1-18-10-5-3-4-9-12(10)14-8-15(13(9)17)7-6-11(16)19-2/h3-8H,1-2H3. The topological polar surface area (TPSA) is 70.4 Å². The highest BCUT2D eigenvalue weighted by atomic mass is 16.5. The van der Waals surface area contributed by atoms with Crippen LogP contribution >= 0.6 is 0 Å². The first kappa shape index (κ1) is 12.8. The van der Waals surface area contributed by atoms with Crippen molar-refractivity contribution < 1.29 is 14.3 Å². The number of carbonyl (C=O) groups excluding carboxylic acids is 1. The van der Waals surface area contributed by atoms with Gasteiger partial charge in [-0.05, 0) is 12.1 Å². The average Bonchev–Trinajstić information content (AvgIpc) is 2.45. The van der Waals surface area contributed by atoms with Gasteiger partial charge in [-0.15, -0.1) is 0 Å². The molecule has 6 heteroatoms. The fraction of sp³-hybridized carbons (Fsp3) is 0.154. The minimum atomic E-state index is -0.544. The maximum Gasteiger partial charge on any atom is 0.331 e. The van der Waals surface area contributed by atoms with Crippen molar-refractivity contribution in [1.82, 2.24) is 9.55 Å². The van der Waals surface area contributed by atoms with Gasteiger partial charge in [0.05, 0.1) is 19.6 Å². The normalized spacial score (nSPS) is 10.8. The maximum absolute atomic E-state index is 12.2. The third-order valence-electron chi connectivity index (χ3n) is 2.57. The summed E-state index contributed by atoms with van der Waals surface area (Å²) in [5.74, 6) is -0.0173. The van der Waals surface area contributed by atoms with Crippen molar-refractivity contribution in [3.63, 3.8) is 0 Å². The van der Waals surface area contributed by atoms with Crippen molar-refractivity contribution >= 4 is 23.1 Å². The Hall–Kier alpha value is -2.63. The minimum absolute atomic E-state index is 0.288. The van der Waals surface area contributed by atoms with E-state index in [0.29, 0.717) is 16.7 Å². The maximum atomic E-state index is 12.2. The Labute approximate surface area is 108 Å². The zero-order valence-electron chi connectivity index (χ0n) is 10.5. The zero-order valence-corrected chi connectivity index (χ0v) is 10.5. The average molecular weight is 260 g/mol. The van der Waals surface area contributed by atoms with Gasteiger partial charge in [-0.2, -0.15) is 0 Å². The van der Waals surface area contributed by atoms with Crippen LogP contribution in [0.15, 0.2) is 35.4 Å². The summed E-state index contributed by atoms with van der Waals surface area (Å²) in [6.07, 6.45) is 3.78. The molecule has 0 amide bonds. The molecule has 0 radical (unpaired) electrons. The third kappa shape index (κ3) is 2.47. The smallest absolute Gasteiger partial charge is 0.331 e. The van der Waals surface area contributed by atoms with E-state index in [4.69, 9.17) is 4.74 Å². The van der Waals surface area contributed by atoms with E-state index in [2.05, 4.69) is 9.72 Å². The molecule has 1 heterocycles. The lowest BCUT2D eigenvalue weighted by Crippen LogP contribution is -2.16. The predicted octanol–water partition coefficient (Wildman–Crippen LogP) is 1.05. The molecule has 0 unspecified atom stereocenters. The van der Waals surface area contributed by atoms with Gasteiger partial charge in [0, 0.05) is 12.3 Å². The van der Waals surface area contributed by atoms with Crippen LogP contribution in [0.25, 0.3) is 17.1 Å². The van der Waals surface area contributed by atoms with Gasteiger partial charge >= 0.3 is 5.97 Å². The second kappa shape index (κ2) is 5.34. The zero-order chi connectivity index (χ0) is 13.8. The number of aromatic nitrogens is 2. The van der Waals surface area contributed by atoms with Crippen LogP contribution in [0.4, 0.5) is 0 Å². The number of nitrogens with zero attached hydrogens (tertiary/aromatic N) is 2. The Bertz CT molecular complexity index is 703. The van der Waals surface area contributed by atoms with Crippen molar-refractivity contribution in [3.8, 4) is 5.75 Å². The molecule has 0 aliphatic heterocycles. The number of benzene rings is 1. The van der Waals surface area contributed by atoms with E-state index in [1.54, 1.807) is 18.2 Å². The van der Waals surface area contributed by atoms with E-state index in [0.717, 1.165) is 6.08 Å². The summed E-state index contributed by atoms with van der Waals surface area (Å²) in [6.45, 7) is 0. The van der Waals surface area contributed by atoms with Gasteiger partial charge in [0.15, 0.2) is 0 Å². The quantitative estimate of drug-likeness (QED) is 0.609. The summed E-state index contributed by atoms with van der Waals surface area (Å²) in [6, 6.07) is 5.08. The van der Waals surface area contributed by atoms with Crippen molar-refractivity contribution in [1.29, 1.82) is 0 Å². The fourth-order valence-corrected chi connectivity index (χ4v) is 1.62. The van der Waals surface area contributed by atoms with E-state index >= 15 is 0 Å². The largest absolute Gasteiger partial charge is 0.494 e. The second-order valence-electron chi connectivity index (χ2n) is 3.65. The molecule has 2 rings (SSSR count). The lowest BCUT2D eigenvalue weighted by Gasteiger charge is -2.05. The van der Waals surface area contributed by atoms with E-state index in [1.807, 2.05) is 0 Å². The number of carbonyl (C=O) groups is 1. The van der Waals surface area contributed by atoms with Gasteiger partial charge in [-0.3, -0.25) is 9.36 Å². The second-order valence-corrected chi connectivity index (χ2v) is 3.65. The van der Waals surface area contributed by atoms with E-state index < -0.39 is 5.97 Å². The van der Waals surface area contributed by atoms with E-state index in [1.165, 1.54) is 31.3 Å². The molecule has 1 aromatic heterocycles. The fourth-order valence-electron chi connectivity index (χ4n) is 1.62. The van der Waals surface area contributed by atoms with Crippen LogP contribution in [0, 0.1) is 0 Å². The van der Waals surface area contributed by atoms with Crippen LogP contribution in [0.5, 0.6) is 5.75 Å².